The van der Waals surface area contributed by atoms with Gasteiger partial charge < -0.3 is 27.1 Å². The van der Waals surface area contributed by atoms with E-state index in [1.165, 1.54) is 0 Å². The Labute approximate surface area is 370 Å². The molecule has 1 aliphatic rings. The Morgan fingerprint density at radius 1 is 0.403 bits per heavy atom. The molecule has 6 aromatic carbocycles. The average molecular weight is 869 g/mol. The molecule has 6 aromatic rings. The summed E-state index contributed by atoms with van der Waals surface area (Å²) in [5.41, 5.74) is 5.91. The van der Waals surface area contributed by atoms with Crippen LogP contribution in [-0.4, -0.2) is 5.78 Å². The van der Waals surface area contributed by atoms with Gasteiger partial charge in [0.1, 0.15) is 34.5 Å². The SMILES string of the molecule is CC(C)c1ccccc1OP(Oc1ccccc1C(C)(C)C)Oc1cccc2c1C(=O)c1c(cccc1OP(Oc1ccccc1C(C)(C)C)Oc1ccccc1C(C)(C)C)C2. The Bertz CT molecular complexity index is 2480. The van der Waals surface area contributed by atoms with Crippen molar-refractivity contribution in [3.8, 4) is 34.5 Å². The zero-order valence-electron chi connectivity index (χ0n) is 37.7. The molecule has 0 saturated carbocycles. The number of fused-ring (bicyclic) bond motifs is 2. The van der Waals surface area contributed by atoms with Crippen molar-refractivity contribution in [3.05, 3.63) is 178 Å². The van der Waals surface area contributed by atoms with E-state index in [-0.39, 0.29) is 27.9 Å². The van der Waals surface area contributed by atoms with Gasteiger partial charge in [0.05, 0.1) is 11.1 Å². The highest BCUT2D eigenvalue weighted by Gasteiger charge is 2.35. The number of rotatable bonds is 13. The maximum atomic E-state index is 15.1. The van der Waals surface area contributed by atoms with E-state index in [9.17, 15) is 0 Å². The van der Waals surface area contributed by atoms with Gasteiger partial charge in [-0.1, -0.05) is 173 Å². The van der Waals surface area contributed by atoms with Crippen molar-refractivity contribution >= 4 is 23.0 Å². The van der Waals surface area contributed by atoms with Crippen molar-refractivity contribution in [1.82, 2.24) is 0 Å². The Morgan fingerprint density at radius 3 is 1.08 bits per heavy atom. The topological polar surface area (TPSA) is 72.5 Å². The van der Waals surface area contributed by atoms with E-state index in [0.29, 0.717) is 52.0 Å². The highest BCUT2D eigenvalue weighted by molar-refractivity contribution is 7.43. The van der Waals surface area contributed by atoms with Crippen LogP contribution in [0.2, 0.25) is 0 Å². The summed E-state index contributed by atoms with van der Waals surface area (Å²) in [5, 5.41) is 0. The third-order valence-electron chi connectivity index (χ3n) is 10.7. The van der Waals surface area contributed by atoms with Gasteiger partial charge in [-0.3, -0.25) is 4.79 Å². The molecular formula is C53H58O7P2. The number of benzene rings is 6. The number of hydrogen-bond donors (Lipinski definition) is 0. The van der Waals surface area contributed by atoms with Crippen LogP contribution < -0.4 is 27.1 Å². The van der Waals surface area contributed by atoms with Crippen LogP contribution in [0.1, 0.15) is 131 Å². The van der Waals surface area contributed by atoms with Gasteiger partial charge in [-0.15, -0.1) is 0 Å². The third-order valence-corrected chi connectivity index (χ3v) is 12.8. The number of carbonyl (C=O) groups is 1. The minimum absolute atomic E-state index is 0.188. The van der Waals surface area contributed by atoms with E-state index in [1.54, 1.807) is 0 Å². The van der Waals surface area contributed by atoms with Crippen molar-refractivity contribution in [2.75, 3.05) is 0 Å². The Balaban J connectivity index is 1.27. The normalized spacial score (nSPS) is 13.3. The lowest BCUT2D eigenvalue weighted by Gasteiger charge is -2.28. The van der Waals surface area contributed by atoms with Crippen molar-refractivity contribution < 1.29 is 31.9 Å². The first-order valence-electron chi connectivity index (χ1n) is 21.2. The van der Waals surface area contributed by atoms with Gasteiger partial charge in [-0.05, 0) is 81.7 Å². The van der Waals surface area contributed by atoms with E-state index >= 15 is 4.79 Å². The molecule has 7 rings (SSSR count). The minimum Gasteiger partial charge on any atom is -0.408 e. The maximum absolute atomic E-state index is 15.1. The molecule has 0 aromatic heterocycles. The molecule has 0 saturated heterocycles. The fourth-order valence-corrected chi connectivity index (χ4v) is 9.71. The van der Waals surface area contributed by atoms with Crippen LogP contribution in [0.4, 0.5) is 0 Å². The van der Waals surface area contributed by atoms with Crippen molar-refractivity contribution in [1.29, 1.82) is 0 Å². The van der Waals surface area contributed by atoms with E-state index in [2.05, 4.69) is 100 Å². The molecule has 0 aliphatic heterocycles. The highest BCUT2D eigenvalue weighted by Crippen LogP contribution is 2.51. The van der Waals surface area contributed by atoms with E-state index in [4.69, 9.17) is 27.1 Å². The molecule has 1 aliphatic carbocycles. The second-order valence-corrected chi connectivity index (χ2v) is 21.0. The molecule has 9 heteroatoms. The first-order valence-corrected chi connectivity index (χ1v) is 23.4. The second-order valence-electron chi connectivity index (χ2n) is 19.0. The van der Waals surface area contributed by atoms with Gasteiger partial charge in [-0.2, -0.15) is 0 Å². The third kappa shape index (κ3) is 10.1. The molecular weight excluding hydrogens is 811 g/mol. The predicted octanol–water partition coefficient (Wildman–Crippen LogP) is 15.4. The Hall–Kier alpha value is -5.35. The first-order chi connectivity index (χ1) is 29.4. The lowest BCUT2D eigenvalue weighted by molar-refractivity contribution is 0.103. The summed E-state index contributed by atoms with van der Waals surface area (Å²) in [6.45, 7) is 23.5. The molecule has 0 fully saturated rings. The monoisotopic (exact) mass is 868 g/mol. The zero-order valence-corrected chi connectivity index (χ0v) is 39.5. The van der Waals surface area contributed by atoms with Gasteiger partial charge >= 0.3 is 17.2 Å². The van der Waals surface area contributed by atoms with Crippen LogP contribution in [0.5, 0.6) is 34.5 Å². The molecule has 0 heterocycles. The number of hydrogen-bond acceptors (Lipinski definition) is 7. The fraction of sp³-hybridized carbons (Fsp3) is 0.302. The van der Waals surface area contributed by atoms with Crippen LogP contribution >= 0.6 is 17.2 Å². The molecule has 62 heavy (non-hydrogen) atoms. The lowest BCUT2D eigenvalue weighted by atomic mass is 9.84. The van der Waals surface area contributed by atoms with Gasteiger partial charge in [0, 0.05) is 16.7 Å². The molecule has 322 valence electrons. The summed E-state index contributed by atoms with van der Waals surface area (Å²) >= 11 is 0. The van der Waals surface area contributed by atoms with Crippen molar-refractivity contribution in [2.45, 2.75) is 105 Å². The summed E-state index contributed by atoms with van der Waals surface area (Å²) in [5.74, 6) is 3.29. The molecule has 1 atom stereocenters. The van der Waals surface area contributed by atoms with Gasteiger partial charge in [0.25, 0.3) is 0 Å². The molecule has 0 bridgehead atoms. The fourth-order valence-electron chi connectivity index (χ4n) is 7.58. The van der Waals surface area contributed by atoms with Crippen molar-refractivity contribution in [3.63, 3.8) is 0 Å². The molecule has 0 amide bonds. The Morgan fingerprint density at radius 2 is 0.710 bits per heavy atom. The van der Waals surface area contributed by atoms with E-state index < -0.39 is 17.2 Å². The summed E-state index contributed by atoms with van der Waals surface area (Å²) in [7, 11) is -4.26. The standard InChI is InChI=1S/C53H58O7P2/c1-35(2)38-24-12-16-28-42(38)55-61(56-43-29-17-13-25-39(43)51(3,4)5)59-46-32-20-22-36-34-37-23-21-33-47(49(37)50(54)48(36)46)60-62(57-44-30-18-14-26-40(44)52(6,7)8)58-45-31-19-15-27-41(45)53(9,10)11/h12-33,35H,34H2,1-11H3. The lowest BCUT2D eigenvalue weighted by Crippen LogP contribution is -2.19. The van der Waals surface area contributed by atoms with Crippen LogP contribution in [0.25, 0.3) is 0 Å². The van der Waals surface area contributed by atoms with Crippen LogP contribution in [-0.2, 0) is 22.7 Å². The molecule has 7 nitrogen and oxygen atoms in total. The van der Waals surface area contributed by atoms with Crippen LogP contribution in [0.3, 0.4) is 0 Å². The maximum Gasteiger partial charge on any atom is 0.530 e. The van der Waals surface area contributed by atoms with Crippen molar-refractivity contribution in [2.24, 2.45) is 0 Å². The summed E-state index contributed by atoms with van der Waals surface area (Å²) in [6, 6.07) is 43.1. The number of carbonyl (C=O) groups excluding carboxylic acids is 1. The molecule has 1 unspecified atom stereocenters. The van der Waals surface area contributed by atoms with E-state index in [0.717, 1.165) is 33.4 Å². The summed E-state index contributed by atoms with van der Waals surface area (Å²) in [6.07, 6.45) is 0.479. The van der Waals surface area contributed by atoms with Gasteiger partial charge in [0.15, 0.2) is 0 Å². The van der Waals surface area contributed by atoms with E-state index in [1.807, 2.05) is 109 Å². The Kier molecular flexibility index (Phi) is 13.1. The smallest absolute Gasteiger partial charge is 0.408 e. The molecule has 0 spiro atoms. The highest BCUT2D eigenvalue weighted by atomic mass is 31.2. The average Bonchev–Trinajstić information content (AvgIpc) is 3.20. The van der Waals surface area contributed by atoms with Gasteiger partial charge in [0.2, 0.25) is 5.78 Å². The molecule has 0 N–H and O–H groups in total. The second kappa shape index (κ2) is 18.2. The largest absolute Gasteiger partial charge is 0.530 e. The first kappa shape index (κ1) is 44.7. The summed E-state index contributed by atoms with van der Waals surface area (Å²) < 4.78 is 40.5. The van der Waals surface area contributed by atoms with Crippen LogP contribution in [0.15, 0.2) is 133 Å². The quantitative estimate of drug-likeness (QED) is 0.107. The predicted molar refractivity (Wildman–Crippen MR) is 253 cm³/mol. The van der Waals surface area contributed by atoms with Crippen LogP contribution in [0, 0.1) is 0 Å². The molecule has 0 radical (unpaired) electrons. The zero-order chi connectivity index (χ0) is 44.4. The minimum atomic E-state index is -2.14. The number of ketones is 1. The number of para-hydroxylation sites is 4. The summed E-state index contributed by atoms with van der Waals surface area (Å²) in [4.78, 5) is 15.1. The van der Waals surface area contributed by atoms with Gasteiger partial charge in [-0.25, -0.2) is 0 Å².